The predicted molar refractivity (Wildman–Crippen MR) is 91.1 cm³/mol. The van der Waals surface area contributed by atoms with Crippen molar-refractivity contribution in [3.05, 3.63) is 46.4 Å². The third-order valence-corrected chi connectivity index (χ3v) is 4.54. The van der Waals surface area contributed by atoms with Gasteiger partial charge in [0.05, 0.1) is 12.6 Å². The fraction of sp³-hybridized carbons (Fsp3) is 0.294. The maximum atomic E-state index is 12.8. The van der Waals surface area contributed by atoms with Crippen molar-refractivity contribution >= 4 is 28.4 Å². The van der Waals surface area contributed by atoms with Gasteiger partial charge in [-0.05, 0) is 31.0 Å². The van der Waals surface area contributed by atoms with Gasteiger partial charge in [-0.3, -0.25) is 14.0 Å². The Hall–Kier alpha value is -3.00. The Bertz CT molecular complexity index is 1050. The number of carbonyl (C=O) groups is 1. The van der Waals surface area contributed by atoms with Gasteiger partial charge in [-0.25, -0.2) is 4.57 Å². The lowest BCUT2D eigenvalue weighted by Crippen LogP contribution is -2.46. The molecule has 4 rings (SSSR count). The van der Waals surface area contributed by atoms with Crippen molar-refractivity contribution in [2.24, 2.45) is 5.73 Å². The molecule has 4 heterocycles. The summed E-state index contributed by atoms with van der Waals surface area (Å²) in [4.78, 5) is 29.2. The van der Waals surface area contributed by atoms with E-state index in [-0.39, 0.29) is 23.0 Å². The molecule has 0 aliphatic carbocycles. The maximum Gasteiger partial charge on any atom is 0.278 e. The first-order chi connectivity index (χ1) is 12.1. The van der Waals surface area contributed by atoms with Gasteiger partial charge in [-0.1, -0.05) is 11.1 Å². The van der Waals surface area contributed by atoms with Gasteiger partial charge in [-0.15, -0.1) is 0 Å². The van der Waals surface area contributed by atoms with E-state index in [9.17, 15) is 9.59 Å². The molecule has 4 N–H and O–H groups in total. The zero-order chi connectivity index (χ0) is 17.6. The molecule has 1 atom stereocenters. The highest BCUT2D eigenvalue weighted by Gasteiger charge is 2.26. The molecule has 3 aromatic rings. The van der Waals surface area contributed by atoms with Crippen LogP contribution >= 0.6 is 0 Å². The minimum atomic E-state index is -0.682. The number of pyridine rings is 2. The summed E-state index contributed by atoms with van der Waals surface area (Å²) in [6.07, 6.45) is 3.46. The first-order valence-electron chi connectivity index (χ1n) is 8.11. The number of anilines is 1. The fourth-order valence-corrected chi connectivity index (χ4v) is 3.28. The summed E-state index contributed by atoms with van der Waals surface area (Å²) >= 11 is 0. The summed E-state index contributed by atoms with van der Waals surface area (Å²) in [6.45, 7) is 1.11. The van der Waals surface area contributed by atoms with E-state index in [1.165, 1.54) is 10.5 Å². The largest absolute Gasteiger partial charge is 0.375 e. The Morgan fingerprint density at radius 2 is 2.28 bits per heavy atom. The lowest BCUT2D eigenvalue weighted by molar-refractivity contribution is -0.666. The smallest absolute Gasteiger partial charge is 0.278 e. The van der Waals surface area contributed by atoms with E-state index >= 15 is 0 Å². The molecule has 1 amide bonds. The molecule has 25 heavy (non-hydrogen) atoms. The zero-order valence-corrected chi connectivity index (χ0v) is 13.5. The summed E-state index contributed by atoms with van der Waals surface area (Å²) in [6, 6.07) is 6.72. The van der Waals surface area contributed by atoms with Gasteiger partial charge in [0, 0.05) is 12.8 Å². The zero-order valence-electron chi connectivity index (χ0n) is 13.5. The number of hydrogen-bond acceptors (Lipinski definition) is 5. The van der Waals surface area contributed by atoms with Crippen LogP contribution in [0.4, 0.5) is 5.82 Å². The molecular formula is C17H18N5O3+. The SMILES string of the molecule is NC(=O)c1cc2c(=O)n3ccccc3nc2[n+](C[C@H]2CCCO2)c1N. The molecular weight excluding hydrogens is 322 g/mol. The van der Waals surface area contributed by atoms with Crippen LogP contribution in [0.1, 0.15) is 23.2 Å². The van der Waals surface area contributed by atoms with Crippen LogP contribution in [-0.2, 0) is 11.3 Å². The van der Waals surface area contributed by atoms with Crippen LogP contribution in [0.2, 0.25) is 0 Å². The molecule has 0 spiro atoms. The molecule has 128 valence electrons. The molecule has 0 radical (unpaired) electrons. The number of carbonyl (C=O) groups excluding carboxylic acids is 1. The van der Waals surface area contributed by atoms with E-state index in [0.29, 0.717) is 29.8 Å². The average molecular weight is 340 g/mol. The number of nitrogen functional groups attached to an aromatic ring is 1. The predicted octanol–water partition coefficient (Wildman–Crippen LogP) is -0.00470. The van der Waals surface area contributed by atoms with Crippen molar-refractivity contribution in [3.8, 4) is 0 Å². The second kappa shape index (κ2) is 5.82. The van der Waals surface area contributed by atoms with Crippen molar-refractivity contribution in [3.63, 3.8) is 0 Å². The molecule has 1 aliphatic rings. The molecule has 0 bridgehead atoms. The van der Waals surface area contributed by atoms with Crippen LogP contribution in [0, 0.1) is 0 Å². The summed E-state index contributed by atoms with van der Waals surface area (Å²) in [5.41, 5.74) is 12.4. The quantitative estimate of drug-likeness (QED) is 0.514. The Morgan fingerprint density at radius 3 is 3.00 bits per heavy atom. The summed E-state index contributed by atoms with van der Waals surface area (Å²) in [5.74, 6) is -0.485. The lowest BCUT2D eigenvalue weighted by atomic mass is 10.1. The van der Waals surface area contributed by atoms with E-state index in [1.807, 2.05) is 0 Å². The molecule has 3 aromatic heterocycles. The highest BCUT2D eigenvalue weighted by Crippen LogP contribution is 2.17. The number of primary amides is 1. The third kappa shape index (κ3) is 2.51. The standard InChI is InChI=1S/C17H17N5O3/c18-14-11(15(19)23)8-12-16(22(14)9-10-4-3-7-25-10)20-13-5-1-2-6-21(13)17(12)24/h1-2,5-6,8,10,18H,3-4,7,9H2,(H2,19,23)/p+1/t10-/m1/s1. The topological polar surface area (TPSA) is 117 Å². The molecule has 1 aliphatic heterocycles. The van der Waals surface area contributed by atoms with Gasteiger partial charge in [0.1, 0.15) is 10.9 Å². The molecule has 1 fully saturated rings. The summed E-state index contributed by atoms with van der Waals surface area (Å²) in [5, 5.41) is 0.296. The number of aromatic nitrogens is 3. The second-order valence-corrected chi connectivity index (χ2v) is 6.14. The second-order valence-electron chi connectivity index (χ2n) is 6.14. The first kappa shape index (κ1) is 15.5. The van der Waals surface area contributed by atoms with E-state index < -0.39 is 5.91 Å². The Morgan fingerprint density at radius 1 is 1.44 bits per heavy atom. The van der Waals surface area contributed by atoms with Gasteiger partial charge >= 0.3 is 0 Å². The van der Waals surface area contributed by atoms with Crippen molar-refractivity contribution in [2.75, 3.05) is 12.3 Å². The van der Waals surface area contributed by atoms with Crippen LogP contribution in [0.15, 0.2) is 35.3 Å². The Balaban J connectivity index is 2.06. The van der Waals surface area contributed by atoms with Gasteiger partial charge in [0.2, 0.25) is 11.5 Å². The molecule has 8 nitrogen and oxygen atoms in total. The highest BCUT2D eigenvalue weighted by molar-refractivity contribution is 5.99. The summed E-state index contributed by atoms with van der Waals surface area (Å²) < 4.78 is 8.77. The average Bonchev–Trinajstić information content (AvgIpc) is 3.11. The minimum Gasteiger partial charge on any atom is -0.375 e. The molecule has 1 saturated heterocycles. The van der Waals surface area contributed by atoms with E-state index in [1.54, 1.807) is 29.0 Å². The number of hydrogen-bond donors (Lipinski definition) is 2. The number of nitrogens with zero attached hydrogens (tertiary/aromatic N) is 3. The normalized spacial score (nSPS) is 17.4. The molecule has 8 heteroatoms. The Labute approximate surface area is 142 Å². The molecule has 0 unspecified atom stereocenters. The van der Waals surface area contributed by atoms with Crippen LogP contribution < -0.4 is 21.6 Å². The number of ether oxygens (including phenoxy) is 1. The lowest BCUT2D eigenvalue weighted by Gasteiger charge is -2.14. The number of nitrogens with two attached hydrogens (primary N) is 2. The molecule has 0 aromatic carbocycles. The maximum absolute atomic E-state index is 12.8. The minimum absolute atomic E-state index is 0.0327. The van der Waals surface area contributed by atoms with Gasteiger partial charge in [0.25, 0.3) is 17.1 Å². The monoisotopic (exact) mass is 340 g/mol. The highest BCUT2D eigenvalue weighted by atomic mass is 16.5. The fourth-order valence-electron chi connectivity index (χ4n) is 3.28. The van der Waals surface area contributed by atoms with Gasteiger partial charge in [-0.2, -0.15) is 0 Å². The molecule has 0 saturated carbocycles. The Kier molecular flexibility index (Phi) is 3.61. The number of fused-ring (bicyclic) bond motifs is 2. The van der Waals surface area contributed by atoms with Crippen molar-refractivity contribution < 1.29 is 14.1 Å². The van der Waals surface area contributed by atoms with E-state index in [0.717, 1.165) is 12.8 Å². The third-order valence-electron chi connectivity index (χ3n) is 4.54. The van der Waals surface area contributed by atoms with Gasteiger partial charge in [0.15, 0.2) is 0 Å². The van der Waals surface area contributed by atoms with Crippen molar-refractivity contribution in [1.82, 2.24) is 9.38 Å². The van der Waals surface area contributed by atoms with Crippen molar-refractivity contribution in [1.29, 1.82) is 0 Å². The van der Waals surface area contributed by atoms with E-state index in [2.05, 4.69) is 4.98 Å². The van der Waals surface area contributed by atoms with Gasteiger partial charge < -0.3 is 16.2 Å². The number of amides is 1. The van der Waals surface area contributed by atoms with Crippen LogP contribution in [0.25, 0.3) is 16.7 Å². The first-order valence-corrected chi connectivity index (χ1v) is 8.11. The van der Waals surface area contributed by atoms with Crippen LogP contribution in [0.3, 0.4) is 0 Å². The summed E-state index contributed by atoms with van der Waals surface area (Å²) in [7, 11) is 0. The van der Waals surface area contributed by atoms with Crippen LogP contribution in [-0.4, -0.2) is 28.0 Å². The van der Waals surface area contributed by atoms with Crippen LogP contribution in [0.5, 0.6) is 0 Å². The van der Waals surface area contributed by atoms with Crippen molar-refractivity contribution in [2.45, 2.75) is 25.5 Å². The number of rotatable bonds is 3. The van der Waals surface area contributed by atoms with E-state index in [4.69, 9.17) is 16.2 Å².